The third-order valence-corrected chi connectivity index (χ3v) is 24.5. The summed E-state index contributed by atoms with van der Waals surface area (Å²) >= 11 is 0. The van der Waals surface area contributed by atoms with Crippen LogP contribution in [0.1, 0.15) is 206 Å². The molecule has 0 radical (unpaired) electrons. The van der Waals surface area contributed by atoms with Gasteiger partial charge in [0.15, 0.2) is 0 Å². The highest BCUT2D eigenvalue weighted by molar-refractivity contribution is 5.87. The van der Waals surface area contributed by atoms with Crippen molar-refractivity contribution in [3.63, 3.8) is 0 Å². The first-order valence-electron chi connectivity index (χ1n) is 43.1. The van der Waals surface area contributed by atoms with Crippen molar-refractivity contribution in [1.82, 2.24) is 0 Å². The van der Waals surface area contributed by atoms with Gasteiger partial charge in [-0.2, -0.15) is 0 Å². The third kappa shape index (κ3) is 25.1. The van der Waals surface area contributed by atoms with E-state index < -0.39 is 0 Å². The zero-order valence-corrected chi connectivity index (χ0v) is 72.5. The molecule has 2 atom stereocenters. The summed E-state index contributed by atoms with van der Waals surface area (Å²) in [5, 5.41) is 9.22. The quantitative estimate of drug-likeness (QED) is 0.0979. The van der Waals surface area contributed by atoms with Gasteiger partial charge in [0.25, 0.3) is 0 Å². The minimum absolute atomic E-state index is 0.0127. The number of fused-ring (bicyclic) bond motifs is 8. The highest BCUT2D eigenvalue weighted by Gasteiger charge is 2.27. The lowest BCUT2D eigenvalue weighted by atomic mass is 9.83. The summed E-state index contributed by atoms with van der Waals surface area (Å²) in [6, 6.07) is 69.2. The van der Waals surface area contributed by atoms with Gasteiger partial charge < -0.3 is 9.47 Å². The van der Waals surface area contributed by atoms with Crippen molar-refractivity contribution in [3.8, 4) is 11.5 Å². The van der Waals surface area contributed by atoms with Gasteiger partial charge >= 0.3 is 5.97 Å². The lowest BCUT2D eigenvalue weighted by Gasteiger charge is -2.26. The number of rotatable bonds is 5. The molecule has 6 aliphatic rings. The van der Waals surface area contributed by atoms with Crippen molar-refractivity contribution >= 4 is 49.1 Å². The number of aryl methyl sites for hydroxylation is 11. The predicted molar refractivity (Wildman–Crippen MR) is 487 cm³/mol. The van der Waals surface area contributed by atoms with E-state index in [2.05, 4.69) is 229 Å². The molecule has 2 saturated carbocycles. The SMILES string of the molecule is CC1=CCc2c(ccc(C)c2F)C1.CC1=CCc2cc(C)ccc2C1.Cc1cc(F)c2cc(C)ccc2c1.Cc1ccc2c(c1)CCC(C)C2.Cc1ccc2c(c1F)CCC(C)C2.Cc1ccc2cc(C)ccc2c1.Cc1ccc2cc(OC(=O)C3CCC(C)CC3)ccc2c1.Cc1ccc2cc(OCC3CCC(C)CC3)ccc2c1. The van der Waals surface area contributed by atoms with Crippen LogP contribution in [-0.2, 0) is 56.2 Å². The molecule has 0 saturated heterocycles. The molecule has 3 nitrogen and oxygen atoms in total. The lowest BCUT2D eigenvalue weighted by molar-refractivity contribution is -0.140. The van der Waals surface area contributed by atoms with Gasteiger partial charge in [0.2, 0.25) is 0 Å². The summed E-state index contributed by atoms with van der Waals surface area (Å²) in [5.41, 5.74) is 24.9. The zero-order chi connectivity index (χ0) is 82.7. The van der Waals surface area contributed by atoms with E-state index in [1.54, 1.807) is 17.2 Å². The number of esters is 1. The van der Waals surface area contributed by atoms with E-state index >= 15 is 0 Å². The van der Waals surface area contributed by atoms with Gasteiger partial charge in [-0.25, -0.2) is 13.2 Å². The van der Waals surface area contributed by atoms with E-state index in [4.69, 9.17) is 9.47 Å². The molecule has 2 fully saturated rings. The molecule has 0 heterocycles. The van der Waals surface area contributed by atoms with E-state index in [1.165, 1.54) is 133 Å². The first-order valence-corrected chi connectivity index (χ1v) is 43.1. The Labute approximate surface area is 693 Å². The number of carbonyl (C=O) groups excluding carboxylic acids is 1. The monoisotopic (exact) mass is 1550 g/mol. The maximum Gasteiger partial charge on any atom is 0.314 e. The molecule has 0 aliphatic heterocycles. The topological polar surface area (TPSA) is 35.5 Å². The summed E-state index contributed by atoms with van der Waals surface area (Å²) < 4.78 is 52.2. The molecule has 0 bridgehead atoms. The van der Waals surface area contributed by atoms with Crippen molar-refractivity contribution in [2.75, 3.05) is 6.61 Å². The average Bonchev–Trinajstić information content (AvgIpc) is 0.819. The highest BCUT2D eigenvalue weighted by Crippen LogP contribution is 2.35. The van der Waals surface area contributed by atoms with Gasteiger partial charge in [-0.3, -0.25) is 4.79 Å². The van der Waals surface area contributed by atoms with Crippen LogP contribution in [0.25, 0.3) is 43.1 Å². The lowest BCUT2D eigenvalue weighted by Crippen LogP contribution is -2.24. The number of ether oxygens (including phenoxy) is 2. The first kappa shape index (κ1) is 87.1. The fourth-order valence-corrected chi connectivity index (χ4v) is 17.1. The Morgan fingerprint density at radius 1 is 0.336 bits per heavy atom. The molecule has 18 rings (SSSR count). The maximum absolute atomic E-state index is 13.6. The number of hydrogen-bond donors (Lipinski definition) is 0. The van der Waals surface area contributed by atoms with Gasteiger partial charge in [0.1, 0.15) is 29.0 Å². The van der Waals surface area contributed by atoms with Crippen molar-refractivity contribution in [2.45, 2.75) is 226 Å². The number of benzene rings is 12. The van der Waals surface area contributed by atoms with E-state index in [1.807, 2.05) is 88.4 Å². The molecule has 606 valence electrons. The van der Waals surface area contributed by atoms with Crippen LogP contribution in [-0.4, -0.2) is 12.6 Å². The Bertz CT molecular complexity index is 5380. The number of allylic oxidation sites excluding steroid dienone is 4. The van der Waals surface area contributed by atoms with Crippen LogP contribution in [0.15, 0.2) is 223 Å². The second-order valence-corrected chi connectivity index (χ2v) is 35.4. The van der Waals surface area contributed by atoms with E-state index in [9.17, 15) is 18.0 Å². The minimum Gasteiger partial charge on any atom is -0.493 e. The van der Waals surface area contributed by atoms with Crippen molar-refractivity contribution in [1.29, 1.82) is 0 Å². The van der Waals surface area contributed by atoms with Crippen LogP contribution in [0.2, 0.25) is 0 Å². The second-order valence-electron chi connectivity index (χ2n) is 35.4. The molecular weight excluding hydrogens is 1430 g/mol. The van der Waals surface area contributed by atoms with Crippen LogP contribution in [0.5, 0.6) is 11.5 Å². The molecule has 0 N–H and O–H groups in total. The molecule has 116 heavy (non-hydrogen) atoms. The van der Waals surface area contributed by atoms with Crippen LogP contribution in [0.3, 0.4) is 0 Å². The van der Waals surface area contributed by atoms with Gasteiger partial charge in [0.05, 0.1) is 12.5 Å². The fraction of sp³-hybridized carbons (Fsp3) is 0.373. The molecule has 12 aromatic rings. The Balaban J connectivity index is 0.000000132. The van der Waals surface area contributed by atoms with Crippen LogP contribution < -0.4 is 9.47 Å². The van der Waals surface area contributed by atoms with E-state index in [0.717, 1.165) is 162 Å². The standard InChI is InChI=1S/C19H22O2.C19H24O.C12H15F.C12H13F.C12H11F.C12H16.C12H14.C12H12/c1-13-3-6-15(7-4-13)19(20)21-18-10-9-16-11-14(2)5-8-17(16)12-18;1-14-3-6-16(7-4-14)13-20-19-10-9-17-11-15(2)5-8-18(17)12-19;2*1-8-3-6-11-10(7-8)5-4-9(2)12(11)13;1-8-3-4-10-5-9(2)7-12(13)11(10)6-8;3*1-9-3-5-12-8-10(2)4-6-11(12)7-9/h5,8-13,15H,3-4,6-7H2,1-2H3;5,8-12,14,16H,3-4,6-7,13H2,1-2H3;4-5,8H,3,6-7H2,1-2H3;3-5H,6-7H2,1-2H3;3-7H,1-2H3;3,5,7,10H,4,6,8H2,1-2H3;3-5,7H,6,8H2,1-2H3;3-8H,1-2H3. The molecular formula is C110H127F3O3. The van der Waals surface area contributed by atoms with Crippen LogP contribution in [0, 0.1) is 122 Å². The molecule has 0 spiro atoms. The third-order valence-electron chi connectivity index (χ3n) is 24.5. The Morgan fingerprint density at radius 2 is 0.750 bits per heavy atom. The summed E-state index contributed by atoms with van der Waals surface area (Å²) in [6.45, 7) is 34.7. The molecule has 6 heteroatoms. The second kappa shape index (κ2) is 41.4. The van der Waals surface area contributed by atoms with Gasteiger partial charge in [-0.05, 0) is 351 Å². The number of carbonyl (C=O) groups is 1. The summed E-state index contributed by atoms with van der Waals surface area (Å²) in [6.07, 6.45) is 25.0. The molecule has 0 aromatic heterocycles. The van der Waals surface area contributed by atoms with Crippen molar-refractivity contribution in [3.05, 3.63) is 341 Å². The van der Waals surface area contributed by atoms with Gasteiger partial charge in [0, 0.05) is 5.39 Å². The fourth-order valence-electron chi connectivity index (χ4n) is 17.1. The molecule has 0 amide bonds. The summed E-state index contributed by atoms with van der Waals surface area (Å²) in [4.78, 5) is 12.2. The normalized spacial score (nSPS) is 18.2. The molecule has 6 aliphatic carbocycles. The summed E-state index contributed by atoms with van der Waals surface area (Å²) in [5.74, 6) is 5.60. The van der Waals surface area contributed by atoms with Crippen molar-refractivity contribution < 1.29 is 27.4 Å². The maximum atomic E-state index is 13.6. The largest absolute Gasteiger partial charge is 0.493 e. The van der Waals surface area contributed by atoms with Crippen molar-refractivity contribution in [2.24, 2.45) is 35.5 Å². The number of hydrogen-bond acceptors (Lipinski definition) is 3. The molecule has 12 aromatic carbocycles. The average molecular weight is 1550 g/mol. The van der Waals surface area contributed by atoms with Gasteiger partial charge in [-0.15, -0.1) is 0 Å². The minimum atomic E-state index is -0.126. The summed E-state index contributed by atoms with van der Waals surface area (Å²) in [7, 11) is 0. The Kier molecular flexibility index (Phi) is 31.0. The molecule has 2 unspecified atom stereocenters. The van der Waals surface area contributed by atoms with E-state index in [-0.39, 0.29) is 29.3 Å². The zero-order valence-electron chi connectivity index (χ0n) is 72.5. The highest BCUT2D eigenvalue weighted by atomic mass is 19.1. The Hall–Kier alpha value is -9.78. The Morgan fingerprint density at radius 3 is 1.33 bits per heavy atom. The van der Waals surface area contributed by atoms with Crippen LogP contribution >= 0.6 is 0 Å². The number of halogens is 3. The smallest absolute Gasteiger partial charge is 0.314 e. The van der Waals surface area contributed by atoms with Crippen LogP contribution in [0.4, 0.5) is 13.2 Å². The van der Waals surface area contributed by atoms with Gasteiger partial charge in [-0.1, -0.05) is 267 Å². The predicted octanol–water partition coefficient (Wildman–Crippen LogP) is 29.9. The first-order chi connectivity index (χ1) is 55.6. The van der Waals surface area contributed by atoms with E-state index in [0.29, 0.717) is 11.1 Å².